The summed E-state index contributed by atoms with van der Waals surface area (Å²) in [5.41, 5.74) is -0.567. The molecule has 0 saturated heterocycles. The number of rotatable bonds is 5. The van der Waals surface area contributed by atoms with Gasteiger partial charge in [-0.2, -0.15) is 0 Å². The lowest BCUT2D eigenvalue weighted by Gasteiger charge is -2.19. The quantitative estimate of drug-likeness (QED) is 0.788. The number of hydrogen-bond acceptors (Lipinski definition) is 3. The summed E-state index contributed by atoms with van der Waals surface area (Å²) in [5, 5.41) is 15.0. The first-order valence-electron chi connectivity index (χ1n) is 4.98. The van der Waals surface area contributed by atoms with Crippen LogP contribution >= 0.6 is 11.3 Å². The lowest BCUT2D eigenvalue weighted by molar-refractivity contribution is 0.0705. The van der Waals surface area contributed by atoms with Crippen LogP contribution in [-0.2, 0) is 0 Å². The van der Waals surface area contributed by atoms with Crippen molar-refractivity contribution in [2.75, 3.05) is 6.54 Å². The molecule has 14 heavy (non-hydrogen) atoms. The zero-order valence-electron chi connectivity index (χ0n) is 9.08. The molecule has 0 unspecified atom stereocenters. The van der Waals surface area contributed by atoms with E-state index in [1.807, 2.05) is 13.8 Å². The molecule has 2 nitrogen and oxygen atoms in total. The van der Waals surface area contributed by atoms with Gasteiger partial charge in [0.1, 0.15) is 0 Å². The lowest BCUT2D eigenvalue weighted by atomic mass is 10.1. The van der Waals surface area contributed by atoms with Crippen molar-refractivity contribution in [3.05, 3.63) is 22.4 Å². The van der Waals surface area contributed by atoms with Crippen LogP contribution in [0.4, 0.5) is 0 Å². The number of aliphatic hydroxyl groups is 1. The molecule has 1 aromatic rings. The van der Waals surface area contributed by atoms with Gasteiger partial charge in [0.05, 0.1) is 5.60 Å². The van der Waals surface area contributed by atoms with Gasteiger partial charge in [-0.1, -0.05) is 6.07 Å². The molecule has 0 bridgehead atoms. The van der Waals surface area contributed by atoms with E-state index in [0.29, 0.717) is 6.04 Å². The first-order chi connectivity index (χ1) is 6.49. The van der Waals surface area contributed by atoms with Crippen molar-refractivity contribution in [2.45, 2.75) is 38.8 Å². The van der Waals surface area contributed by atoms with Gasteiger partial charge in [0.2, 0.25) is 0 Å². The number of thiophene rings is 1. The monoisotopic (exact) mass is 213 g/mol. The van der Waals surface area contributed by atoms with Gasteiger partial charge in [-0.25, -0.2) is 0 Å². The molecular formula is C11H19NOS. The minimum atomic E-state index is -0.567. The molecule has 3 heteroatoms. The highest BCUT2D eigenvalue weighted by Gasteiger charge is 2.12. The number of hydrogen-bond donors (Lipinski definition) is 2. The highest BCUT2D eigenvalue weighted by Crippen LogP contribution is 2.18. The average molecular weight is 213 g/mol. The van der Waals surface area contributed by atoms with Crippen LogP contribution in [0.2, 0.25) is 0 Å². The Kier molecular flexibility index (Phi) is 4.11. The second-order valence-corrected chi connectivity index (χ2v) is 5.23. The Morgan fingerprint density at radius 3 is 2.79 bits per heavy atom. The Morgan fingerprint density at radius 1 is 1.57 bits per heavy atom. The first kappa shape index (κ1) is 11.7. The second kappa shape index (κ2) is 4.91. The molecule has 0 spiro atoms. The van der Waals surface area contributed by atoms with Crippen LogP contribution in [0, 0.1) is 0 Å². The van der Waals surface area contributed by atoms with Crippen molar-refractivity contribution in [3.8, 4) is 0 Å². The smallest absolute Gasteiger partial charge is 0.0603 e. The largest absolute Gasteiger partial charge is 0.390 e. The van der Waals surface area contributed by atoms with Gasteiger partial charge in [-0.05, 0) is 45.2 Å². The molecule has 0 aliphatic heterocycles. The van der Waals surface area contributed by atoms with Gasteiger partial charge in [-0.15, -0.1) is 11.3 Å². The predicted molar refractivity (Wildman–Crippen MR) is 61.7 cm³/mol. The summed E-state index contributed by atoms with van der Waals surface area (Å²) in [6.07, 6.45) is 0.780. The molecule has 0 radical (unpaired) electrons. The predicted octanol–water partition coefficient (Wildman–Crippen LogP) is 2.56. The van der Waals surface area contributed by atoms with Crippen LogP contribution in [0.25, 0.3) is 0 Å². The Labute approximate surface area is 90.0 Å². The fourth-order valence-electron chi connectivity index (χ4n) is 1.23. The third-order valence-electron chi connectivity index (χ3n) is 2.16. The third kappa shape index (κ3) is 4.22. The minimum Gasteiger partial charge on any atom is -0.390 e. The standard InChI is InChI=1S/C11H19NOS/c1-9(10-5-4-8-14-10)12-7-6-11(2,3)13/h4-5,8-9,12-13H,6-7H2,1-3H3/t9-/m1/s1. The molecule has 0 aliphatic carbocycles. The Bertz CT molecular complexity index is 251. The van der Waals surface area contributed by atoms with Crippen LogP contribution in [0.5, 0.6) is 0 Å². The molecule has 0 fully saturated rings. The summed E-state index contributed by atoms with van der Waals surface area (Å²) in [7, 11) is 0. The molecule has 1 atom stereocenters. The maximum atomic E-state index is 9.52. The summed E-state index contributed by atoms with van der Waals surface area (Å²) < 4.78 is 0. The molecule has 1 aromatic heterocycles. The van der Waals surface area contributed by atoms with Crippen molar-refractivity contribution >= 4 is 11.3 Å². The molecule has 2 N–H and O–H groups in total. The molecule has 0 aromatic carbocycles. The molecule has 0 amide bonds. The van der Waals surface area contributed by atoms with Crippen molar-refractivity contribution in [2.24, 2.45) is 0 Å². The minimum absolute atomic E-state index is 0.386. The summed E-state index contributed by atoms with van der Waals surface area (Å²) >= 11 is 1.76. The topological polar surface area (TPSA) is 32.3 Å². The van der Waals surface area contributed by atoms with E-state index in [-0.39, 0.29) is 0 Å². The molecule has 1 heterocycles. The van der Waals surface area contributed by atoms with Gasteiger partial charge in [-0.3, -0.25) is 0 Å². The zero-order valence-corrected chi connectivity index (χ0v) is 9.90. The summed E-state index contributed by atoms with van der Waals surface area (Å²) in [5.74, 6) is 0. The van der Waals surface area contributed by atoms with Crippen LogP contribution in [-0.4, -0.2) is 17.3 Å². The van der Waals surface area contributed by atoms with Crippen LogP contribution in [0.15, 0.2) is 17.5 Å². The highest BCUT2D eigenvalue weighted by molar-refractivity contribution is 7.10. The Hall–Kier alpha value is -0.380. The maximum Gasteiger partial charge on any atom is 0.0603 e. The van der Waals surface area contributed by atoms with E-state index in [4.69, 9.17) is 0 Å². The van der Waals surface area contributed by atoms with Gasteiger partial charge < -0.3 is 10.4 Å². The number of nitrogens with one attached hydrogen (secondary N) is 1. The summed E-state index contributed by atoms with van der Waals surface area (Å²) in [6.45, 7) is 6.67. The van der Waals surface area contributed by atoms with Crippen molar-refractivity contribution in [3.63, 3.8) is 0 Å². The van der Waals surface area contributed by atoms with E-state index in [9.17, 15) is 5.11 Å². The van der Waals surface area contributed by atoms with Crippen molar-refractivity contribution in [1.82, 2.24) is 5.32 Å². The van der Waals surface area contributed by atoms with Crippen molar-refractivity contribution in [1.29, 1.82) is 0 Å². The SMILES string of the molecule is C[C@@H](NCCC(C)(C)O)c1cccs1. The van der Waals surface area contributed by atoms with E-state index < -0.39 is 5.60 Å². The maximum absolute atomic E-state index is 9.52. The highest BCUT2D eigenvalue weighted by atomic mass is 32.1. The van der Waals surface area contributed by atoms with E-state index >= 15 is 0 Å². The first-order valence-corrected chi connectivity index (χ1v) is 5.86. The molecule has 0 saturated carbocycles. The molecular weight excluding hydrogens is 194 g/mol. The zero-order chi connectivity index (χ0) is 10.6. The van der Waals surface area contributed by atoms with E-state index in [0.717, 1.165) is 13.0 Å². The Morgan fingerprint density at radius 2 is 2.29 bits per heavy atom. The van der Waals surface area contributed by atoms with Crippen LogP contribution in [0.3, 0.4) is 0 Å². The van der Waals surface area contributed by atoms with Crippen LogP contribution in [0.1, 0.15) is 38.1 Å². The fourth-order valence-corrected chi connectivity index (χ4v) is 1.99. The van der Waals surface area contributed by atoms with E-state index in [1.165, 1.54) is 4.88 Å². The van der Waals surface area contributed by atoms with E-state index in [2.05, 4.69) is 29.8 Å². The van der Waals surface area contributed by atoms with Crippen molar-refractivity contribution < 1.29 is 5.11 Å². The Balaban J connectivity index is 2.26. The second-order valence-electron chi connectivity index (χ2n) is 4.25. The van der Waals surface area contributed by atoms with E-state index in [1.54, 1.807) is 11.3 Å². The van der Waals surface area contributed by atoms with Gasteiger partial charge in [0.15, 0.2) is 0 Å². The fraction of sp³-hybridized carbons (Fsp3) is 0.636. The molecule has 80 valence electrons. The molecule has 0 aliphatic rings. The summed E-state index contributed by atoms with van der Waals surface area (Å²) in [6, 6.07) is 4.58. The van der Waals surface area contributed by atoms with Gasteiger partial charge in [0.25, 0.3) is 0 Å². The normalized spacial score (nSPS) is 14.3. The van der Waals surface area contributed by atoms with Crippen LogP contribution < -0.4 is 5.32 Å². The third-order valence-corrected chi connectivity index (χ3v) is 3.21. The lowest BCUT2D eigenvalue weighted by Crippen LogP contribution is -2.28. The average Bonchev–Trinajstić information content (AvgIpc) is 2.53. The summed E-state index contributed by atoms with van der Waals surface area (Å²) in [4.78, 5) is 1.35. The van der Waals surface area contributed by atoms with Gasteiger partial charge in [0, 0.05) is 10.9 Å². The molecule has 1 rings (SSSR count). The van der Waals surface area contributed by atoms with Gasteiger partial charge >= 0.3 is 0 Å².